The molecule has 136 valence electrons. The zero-order valence-corrected chi connectivity index (χ0v) is 16.3. The summed E-state index contributed by atoms with van der Waals surface area (Å²) in [6, 6.07) is 16.0. The van der Waals surface area contributed by atoms with Crippen LogP contribution in [0.3, 0.4) is 0 Å². The van der Waals surface area contributed by atoms with Crippen LogP contribution in [0.15, 0.2) is 48.5 Å². The second-order valence-electron chi connectivity index (χ2n) is 6.61. The van der Waals surface area contributed by atoms with E-state index in [0.29, 0.717) is 5.13 Å². The molecular weight excluding hydrogens is 356 g/mol. The Bertz CT molecular complexity index is 1130. The lowest BCUT2D eigenvalue weighted by Gasteiger charge is -2.05. The molecule has 1 N–H and O–H groups in total. The predicted molar refractivity (Wildman–Crippen MR) is 110 cm³/mol. The first kappa shape index (κ1) is 17.4. The second-order valence-corrected chi connectivity index (χ2v) is 7.64. The third kappa shape index (κ3) is 3.48. The quantitative estimate of drug-likeness (QED) is 0.567. The maximum Gasteiger partial charge on any atom is 0.230 e. The molecule has 0 aliphatic rings. The van der Waals surface area contributed by atoms with Gasteiger partial charge in [0.05, 0.1) is 28.0 Å². The van der Waals surface area contributed by atoms with E-state index in [9.17, 15) is 4.79 Å². The number of anilines is 1. The van der Waals surface area contributed by atoms with Crippen LogP contribution >= 0.6 is 11.3 Å². The van der Waals surface area contributed by atoms with E-state index >= 15 is 0 Å². The fraction of sp³-hybridized carbons (Fsp3) is 0.190. The Balaban J connectivity index is 1.55. The van der Waals surface area contributed by atoms with Crippen LogP contribution in [-0.4, -0.2) is 20.7 Å². The molecule has 0 saturated carbocycles. The van der Waals surface area contributed by atoms with Gasteiger partial charge in [-0.25, -0.2) is 9.67 Å². The molecule has 0 spiro atoms. The fourth-order valence-electron chi connectivity index (χ4n) is 3.16. The van der Waals surface area contributed by atoms with Crippen LogP contribution in [0.4, 0.5) is 5.13 Å². The van der Waals surface area contributed by atoms with Crippen molar-refractivity contribution in [3.05, 3.63) is 71.0 Å². The van der Waals surface area contributed by atoms with E-state index in [2.05, 4.69) is 21.5 Å². The molecule has 5 nitrogen and oxygen atoms in total. The van der Waals surface area contributed by atoms with Crippen molar-refractivity contribution in [3.8, 4) is 5.69 Å². The number of hydrogen-bond donors (Lipinski definition) is 1. The summed E-state index contributed by atoms with van der Waals surface area (Å²) in [7, 11) is 0. The number of carbonyl (C=O) groups is 1. The first-order chi connectivity index (χ1) is 13.0. The van der Waals surface area contributed by atoms with Crippen molar-refractivity contribution in [2.45, 2.75) is 27.2 Å². The largest absolute Gasteiger partial charge is 0.302 e. The van der Waals surface area contributed by atoms with E-state index in [1.165, 1.54) is 16.9 Å². The number of thiazole rings is 1. The zero-order valence-electron chi connectivity index (χ0n) is 15.5. The van der Waals surface area contributed by atoms with Crippen LogP contribution in [0.25, 0.3) is 15.9 Å². The lowest BCUT2D eigenvalue weighted by atomic mass is 10.1. The van der Waals surface area contributed by atoms with Gasteiger partial charge in [0.1, 0.15) is 0 Å². The summed E-state index contributed by atoms with van der Waals surface area (Å²) in [4.78, 5) is 17.1. The summed E-state index contributed by atoms with van der Waals surface area (Å²) in [5, 5.41) is 8.17. The minimum Gasteiger partial charge on any atom is -0.302 e. The first-order valence-electron chi connectivity index (χ1n) is 8.79. The number of fused-ring (bicyclic) bond motifs is 1. The standard InChI is InChI=1S/C21H20N4OS/c1-13-9-10-18-19(11-13)27-21(22-18)23-20(26)12-17-14(2)24-25(15(17)3)16-7-5-4-6-8-16/h4-11H,12H2,1-3H3,(H,22,23,26). The molecule has 0 atom stereocenters. The first-order valence-corrected chi connectivity index (χ1v) is 9.60. The number of nitrogens with zero attached hydrogens (tertiary/aromatic N) is 3. The monoisotopic (exact) mass is 376 g/mol. The molecule has 0 aliphatic carbocycles. The third-order valence-corrected chi connectivity index (χ3v) is 5.50. The Labute approximate surface area is 161 Å². The normalized spacial score (nSPS) is 11.1. The van der Waals surface area contributed by atoms with Gasteiger partial charge in [-0.1, -0.05) is 35.6 Å². The molecule has 0 radical (unpaired) electrons. The summed E-state index contributed by atoms with van der Waals surface area (Å²) in [6.45, 7) is 5.99. The predicted octanol–water partition coefficient (Wildman–Crippen LogP) is 4.59. The van der Waals surface area contributed by atoms with E-state index in [4.69, 9.17) is 0 Å². The third-order valence-electron chi connectivity index (χ3n) is 4.57. The summed E-state index contributed by atoms with van der Waals surface area (Å²) >= 11 is 1.50. The summed E-state index contributed by atoms with van der Waals surface area (Å²) in [5.41, 5.74) is 5.88. The van der Waals surface area contributed by atoms with E-state index in [1.807, 2.05) is 67.9 Å². The van der Waals surface area contributed by atoms with Gasteiger partial charge in [-0.2, -0.15) is 5.10 Å². The van der Waals surface area contributed by atoms with E-state index < -0.39 is 0 Å². The Morgan fingerprint density at radius 3 is 2.67 bits per heavy atom. The summed E-state index contributed by atoms with van der Waals surface area (Å²) in [5.74, 6) is -0.0791. The van der Waals surface area contributed by atoms with Gasteiger partial charge < -0.3 is 5.32 Å². The molecule has 2 aromatic heterocycles. The smallest absolute Gasteiger partial charge is 0.230 e. The van der Waals surface area contributed by atoms with E-state index in [0.717, 1.165) is 32.9 Å². The number of nitrogens with one attached hydrogen (secondary N) is 1. The lowest BCUT2D eigenvalue weighted by Crippen LogP contribution is -2.15. The van der Waals surface area contributed by atoms with Gasteiger partial charge >= 0.3 is 0 Å². The number of carbonyl (C=O) groups excluding carboxylic acids is 1. The maximum atomic E-state index is 12.6. The molecule has 1 amide bonds. The van der Waals surface area contributed by atoms with Crippen molar-refractivity contribution in [3.63, 3.8) is 0 Å². The summed E-state index contributed by atoms with van der Waals surface area (Å²) in [6.07, 6.45) is 0.277. The highest BCUT2D eigenvalue weighted by molar-refractivity contribution is 7.22. The molecule has 6 heteroatoms. The number of benzene rings is 2. The molecule has 2 heterocycles. The highest BCUT2D eigenvalue weighted by Gasteiger charge is 2.17. The topological polar surface area (TPSA) is 59.8 Å². The minimum atomic E-state index is -0.0791. The highest BCUT2D eigenvalue weighted by atomic mass is 32.1. The lowest BCUT2D eigenvalue weighted by molar-refractivity contribution is -0.115. The van der Waals surface area contributed by atoms with Crippen LogP contribution in [0.1, 0.15) is 22.5 Å². The van der Waals surface area contributed by atoms with Gasteiger partial charge in [-0.05, 0) is 50.6 Å². The van der Waals surface area contributed by atoms with Crippen LogP contribution in [0.5, 0.6) is 0 Å². The number of rotatable bonds is 4. The average molecular weight is 376 g/mol. The van der Waals surface area contributed by atoms with Gasteiger partial charge in [0, 0.05) is 11.3 Å². The van der Waals surface area contributed by atoms with Crippen LogP contribution in [0, 0.1) is 20.8 Å². The molecule has 2 aromatic carbocycles. The van der Waals surface area contributed by atoms with Crippen molar-refractivity contribution in [1.82, 2.24) is 14.8 Å². The zero-order chi connectivity index (χ0) is 19.0. The maximum absolute atomic E-state index is 12.6. The molecular formula is C21H20N4OS. The fourth-order valence-corrected chi connectivity index (χ4v) is 4.14. The van der Waals surface area contributed by atoms with Crippen LogP contribution in [0.2, 0.25) is 0 Å². The molecule has 27 heavy (non-hydrogen) atoms. The molecule has 0 saturated heterocycles. The van der Waals surface area contributed by atoms with Crippen molar-refractivity contribution in [2.75, 3.05) is 5.32 Å². The van der Waals surface area contributed by atoms with Crippen LogP contribution in [-0.2, 0) is 11.2 Å². The number of aromatic nitrogens is 3. The molecule has 0 fully saturated rings. The molecule has 0 aliphatic heterocycles. The van der Waals surface area contributed by atoms with Gasteiger partial charge in [0.25, 0.3) is 0 Å². The Morgan fingerprint density at radius 2 is 1.89 bits per heavy atom. The van der Waals surface area contributed by atoms with Crippen molar-refractivity contribution < 1.29 is 4.79 Å². The molecule has 4 aromatic rings. The summed E-state index contributed by atoms with van der Waals surface area (Å²) < 4.78 is 2.97. The Kier molecular flexibility index (Phi) is 4.49. The number of para-hydroxylation sites is 1. The second kappa shape index (κ2) is 6.96. The average Bonchev–Trinajstić information content (AvgIpc) is 3.17. The SMILES string of the molecule is Cc1ccc2nc(NC(=O)Cc3c(C)nn(-c4ccccc4)c3C)sc2c1. The Hall–Kier alpha value is -2.99. The molecule has 4 rings (SSSR count). The van der Waals surface area contributed by atoms with Crippen molar-refractivity contribution in [2.24, 2.45) is 0 Å². The number of aryl methyl sites for hydroxylation is 2. The highest BCUT2D eigenvalue weighted by Crippen LogP contribution is 2.27. The van der Waals surface area contributed by atoms with Gasteiger partial charge in [-0.3, -0.25) is 4.79 Å². The van der Waals surface area contributed by atoms with Crippen LogP contribution < -0.4 is 5.32 Å². The molecule has 0 bridgehead atoms. The number of hydrogen-bond acceptors (Lipinski definition) is 4. The van der Waals surface area contributed by atoms with Gasteiger partial charge in [0.2, 0.25) is 5.91 Å². The molecule has 0 unspecified atom stereocenters. The Morgan fingerprint density at radius 1 is 1.11 bits per heavy atom. The number of amides is 1. The van der Waals surface area contributed by atoms with Crippen molar-refractivity contribution in [1.29, 1.82) is 0 Å². The van der Waals surface area contributed by atoms with E-state index in [-0.39, 0.29) is 12.3 Å². The van der Waals surface area contributed by atoms with Gasteiger partial charge in [0.15, 0.2) is 5.13 Å². The minimum absolute atomic E-state index is 0.0791. The van der Waals surface area contributed by atoms with Gasteiger partial charge in [-0.15, -0.1) is 0 Å². The van der Waals surface area contributed by atoms with Crippen molar-refractivity contribution >= 4 is 32.6 Å². The van der Waals surface area contributed by atoms with E-state index in [1.54, 1.807) is 0 Å².